The van der Waals surface area contributed by atoms with Crippen molar-refractivity contribution in [1.29, 1.82) is 0 Å². The number of aromatic nitrogens is 1. The van der Waals surface area contributed by atoms with Crippen LogP contribution in [0.25, 0.3) is 0 Å². The summed E-state index contributed by atoms with van der Waals surface area (Å²) in [6, 6.07) is 2.54. The Morgan fingerprint density at radius 1 is 1.53 bits per heavy atom. The third kappa shape index (κ3) is 3.17. The number of hydrogen-bond acceptors (Lipinski definition) is 4. The molecule has 0 bridgehead atoms. The van der Waals surface area contributed by atoms with Crippen LogP contribution in [0.5, 0.6) is 5.88 Å². The van der Waals surface area contributed by atoms with E-state index in [2.05, 4.69) is 15.0 Å². The number of carbonyl (C=O) groups excluding carboxylic acids is 1. The minimum atomic E-state index is -2.95. The van der Waals surface area contributed by atoms with Gasteiger partial charge in [0.05, 0.1) is 17.2 Å². The number of aliphatic hydroxyl groups is 1. The van der Waals surface area contributed by atoms with Gasteiger partial charge in [-0.15, -0.1) is 0 Å². The fraction of sp³-hybridized carbons (Fsp3) is 0.500. The van der Waals surface area contributed by atoms with E-state index in [1.54, 1.807) is 6.92 Å². The van der Waals surface area contributed by atoms with Crippen molar-refractivity contribution >= 4 is 5.91 Å². The number of alkyl halides is 2. The van der Waals surface area contributed by atoms with E-state index >= 15 is 0 Å². The molecule has 19 heavy (non-hydrogen) atoms. The predicted molar refractivity (Wildman–Crippen MR) is 62.0 cm³/mol. The Balaban J connectivity index is 2.00. The lowest BCUT2D eigenvalue weighted by atomic mass is 10.1. The Morgan fingerprint density at radius 2 is 2.21 bits per heavy atom. The number of nitrogens with zero attached hydrogens (tertiary/aromatic N) is 1. The Bertz CT molecular complexity index is 459. The summed E-state index contributed by atoms with van der Waals surface area (Å²) in [6.45, 7) is -1.33. The maximum Gasteiger partial charge on any atom is 0.388 e. The quantitative estimate of drug-likeness (QED) is 0.848. The molecular weight excluding hydrogens is 258 g/mol. The van der Waals surface area contributed by atoms with E-state index in [0.717, 1.165) is 19.0 Å². The zero-order chi connectivity index (χ0) is 14.0. The third-order valence-electron chi connectivity index (χ3n) is 3.16. The highest BCUT2D eigenvalue weighted by Gasteiger charge is 2.48. The molecule has 1 heterocycles. The Labute approximate surface area is 108 Å². The number of amides is 1. The summed E-state index contributed by atoms with van der Waals surface area (Å²) >= 11 is 0. The van der Waals surface area contributed by atoms with E-state index in [9.17, 15) is 18.7 Å². The van der Waals surface area contributed by atoms with E-state index in [0.29, 0.717) is 0 Å². The first-order valence-corrected chi connectivity index (χ1v) is 5.84. The minimum absolute atomic E-state index is 0.230. The van der Waals surface area contributed by atoms with Crippen molar-refractivity contribution in [1.82, 2.24) is 10.3 Å². The number of carbonyl (C=O) groups is 1. The van der Waals surface area contributed by atoms with E-state index in [1.165, 1.54) is 12.1 Å². The zero-order valence-electron chi connectivity index (χ0n) is 10.3. The van der Waals surface area contributed by atoms with Gasteiger partial charge in [0.15, 0.2) is 0 Å². The second-order valence-electron chi connectivity index (χ2n) is 4.55. The highest BCUT2D eigenvalue weighted by Crippen LogP contribution is 2.38. The zero-order valence-corrected chi connectivity index (χ0v) is 10.3. The molecule has 1 amide bonds. The Morgan fingerprint density at radius 3 is 2.63 bits per heavy atom. The summed E-state index contributed by atoms with van der Waals surface area (Å²) in [7, 11) is 0. The molecule has 1 aromatic heterocycles. The average molecular weight is 272 g/mol. The van der Waals surface area contributed by atoms with Crippen molar-refractivity contribution < 1.29 is 23.4 Å². The largest absolute Gasteiger partial charge is 0.417 e. The van der Waals surface area contributed by atoms with Crippen LogP contribution in [-0.2, 0) is 0 Å². The fourth-order valence-corrected chi connectivity index (χ4v) is 1.76. The van der Waals surface area contributed by atoms with Crippen LogP contribution in [0.3, 0.4) is 0 Å². The van der Waals surface area contributed by atoms with Crippen molar-refractivity contribution in [3.63, 3.8) is 0 Å². The SMILES string of the molecule is CC(O)C1(NC(=O)c2ccc(OC(F)F)nc2)CC1. The Kier molecular flexibility index (Phi) is 3.66. The van der Waals surface area contributed by atoms with Crippen LogP contribution in [0.15, 0.2) is 18.3 Å². The molecule has 0 saturated heterocycles. The molecule has 1 saturated carbocycles. The molecule has 5 nitrogen and oxygen atoms in total. The Hall–Kier alpha value is -1.76. The molecule has 7 heteroatoms. The van der Waals surface area contributed by atoms with Gasteiger partial charge in [-0.05, 0) is 25.8 Å². The topological polar surface area (TPSA) is 71.5 Å². The molecule has 0 aromatic carbocycles. The number of nitrogens with one attached hydrogen (secondary N) is 1. The van der Waals surface area contributed by atoms with Crippen molar-refractivity contribution in [3.8, 4) is 5.88 Å². The number of halogens is 2. The number of hydrogen-bond donors (Lipinski definition) is 2. The van der Waals surface area contributed by atoms with Crippen molar-refractivity contribution in [2.75, 3.05) is 0 Å². The van der Waals surface area contributed by atoms with Crippen LogP contribution < -0.4 is 10.1 Å². The molecule has 0 radical (unpaired) electrons. The lowest BCUT2D eigenvalue weighted by Gasteiger charge is -2.20. The summed E-state index contributed by atoms with van der Waals surface area (Å²) < 4.78 is 27.9. The van der Waals surface area contributed by atoms with Gasteiger partial charge in [-0.3, -0.25) is 4.79 Å². The summed E-state index contributed by atoms with van der Waals surface area (Å²) in [5, 5.41) is 12.3. The van der Waals surface area contributed by atoms with Crippen LogP contribution in [-0.4, -0.2) is 34.3 Å². The molecule has 0 aliphatic heterocycles. The van der Waals surface area contributed by atoms with Crippen LogP contribution >= 0.6 is 0 Å². The van der Waals surface area contributed by atoms with Crippen LogP contribution in [0.2, 0.25) is 0 Å². The molecule has 1 unspecified atom stereocenters. The molecule has 104 valence electrons. The molecule has 1 atom stereocenters. The molecule has 1 aromatic rings. The molecular formula is C12H14F2N2O3. The van der Waals surface area contributed by atoms with Crippen molar-refractivity contribution in [2.24, 2.45) is 0 Å². The average Bonchev–Trinajstić information content (AvgIpc) is 3.10. The fourth-order valence-electron chi connectivity index (χ4n) is 1.76. The summed E-state index contributed by atoms with van der Waals surface area (Å²) in [4.78, 5) is 15.5. The molecule has 2 N–H and O–H groups in total. The first kappa shape index (κ1) is 13.7. The van der Waals surface area contributed by atoms with Gasteiger partial charge in [-0.2, -0.15) is 8.78 Å². The van der Waals surface area contributed by atoms with Crippen molar-refractivity contribution in [3.05, 3.63) is 23.9 Å². The lowest BCUT2D eigenvalue weighted by Crippen LogP contribution is -2.44. The monoisotopic (exact) mass is 272 g/mol. The summed E-state index contributed by atoms with van der Waals surface area (Å²) in [6.07, 6.45) is 1.96. The van der Waals surface area contributed by atoms with Gasteiger partial charge in [-0.1, -0.05) is 0 Å². The van der Waals surface area contributed by atoms with Gasteiger partial charge < -0.3 is 15.2 Å². The van der Waals surface area contributed by atoms with Crippen LogP contribution in [0.4, 0.5) is 8.78 Å². The van der Waals surface area contributed by atoms with Gasteiger partial charge in [-0.25, -0.2) is 4.98 Å². The number of ether oxygens (including phenoxy) is 1. The third-order valence-corrected chi connectivity index (χ3v) is 3.16. The van der Waals surface area contributed by atoms with E-state index in [4.69, 9.17) is 0 Å². The van der Waals surface area contributed by atoms with Gasteiger partial charge in [0.25, 0.3) is 5.91 Å². The second kappa shape index (κ2) is 5.08. The summed E-state index contributed by atoms with van der Waals surface area (Å²) in [5.41, 5.74) is -0.330. The maximum absolute atomic E-state index is 11.9. The molecule has 1 aliphatic rings. The minimum Gasteiger partial charge on any atom is -0.417 e. The van der Waals surface area contributed by atoms with Gasteiger partial charge in [0.2, 0.25) is 5.88 Å². The van der Waals surface area contributed by atoms with Gasteiger partial charge in [0, 0.05) is 12.3 Å². The molecule has 0 spiro atoms. The number of rotatable bonds is 5. The van der Waals surface area contributed by atoms with Gasteiger partial charge in [0.1, 0.15) is 0 Å². The highest BCUT2D eigenvalue weighted by atomic mass is 19.3. The lowest BCUT2D eigenvalue weighted by molar-refractivity contribution is -0.0528. The highest BCUT2D eigenvalue weighted by molar-refractivity contribution is 5.94. The summed E-state index contributed by atoms with van der Waals surface area (Å²) in [5.74, 6) is -0.641. The van der Waals surface area contributed by atoms with Crippen molar-refractivity contribution in [2.45, 2.75) is 38.0 Å². The first-order chi connectivity index (χ1) is 8.93. The predicted octanol–water partition coefficient (Wildman–Crippen LogP) is 1.33. The molecule has 1 aliphatic carbocycles. The first-order valence-electron chi connectivity index (χ1n) is 5.84. The van der Waals surface area contributed by atoms with Crippen LogP contribution in [0, 0.1) is 0 Å². The second-order valence-corrected chi connectivity index (χ2v) is 4.55. The van der Waals surface area contributed by atoms with Gasteiger partial charge >= 0.3 is 6.61 Å². The number of pyridine rings is 1. The smallest absolute Gasteiger partial charge is 0.388 e. The normalized spacial score (nSPS) is 17.9. The number of aliphatic hydroxyl groups excluding tert-OH is 1. The van der Waals surface area contributed by atoms with Crippen LogP contribution in [0.1, 0.15) is 30.1 Å². The van der Waals surface area contributed by atoms with E-state index in [1.807, 2.05) is 0 Å². The van der Waals surface area contributed by atoms with E-state index < -0.39 is 24.2 Å². The molecule has 1 fully saturated rings. The molecule has 2 rings (SSSR count). The van der Waals surface area contributed by atoms with E-state index in [-0.39, 0.29) is 11.4 Å². The standard InChI is InChI=1S/C12H14F2N2O3/c1-7(17)12(4-5-12)16-10(18)8-2-3-9(15-6-8)19-11(13)14/h2-3,6-7,11,17H,4-5H2,1H3,(H,16,18). The maximum atomic E-state index is 11.9.